The van der Waals surface area contributed by atoms with Crippen LogP contribution in [0.2, 0.25) is 0 Å². The van der Waals surface area contributed by atoms with Gasteiger partial charge in [0.25, 0.3) is 5.69 Å². The standard InChI is InChI=1S/C12H14N2O3/c1-7(2)12(3)8-5-4-6-9(14(16)17)10(8)13-11(12)15/h4-7H,1-3H3,(H,13,15). The van der Waals surface area contributed by atoms with Crippen molar-refractivity contribution in [1.29, 1.82) is 0 Å². The number of hydrogen-bond donors (Lipinski definition) is 1. The summed E-state index contributed by atoms with van der Waals surface area (Å²) in [5, 5.41) is 13.5. The van der Waals surface area contributed by atoms with E-state index in [0.717, 1.165) is 0 Å². The highest BCUT2D eigenvalue weighted by Crippen LogP contribution is 2.46. The molecule has 90 valence electrons. The number of amides is 1. The first-order valence-electron chi connectivity index (χ1n) is 5.48. The Balaban J connectivity index is 2.68. The van der Waals surface area contributed by atoms with E-state index in [1.807, 2.05) is 20.8 Å². The molecule has 5 nitrogen and oxygen atoms in total. The summed E-state index contributed by atoms with van der Waals surface area (Å²) >= 11 is 0. The van der Waals surface area contributed by atoms with Crippen molar-refractivity contribution in [3.8, 4) is 0 Å². The van der Waals surface area contributed by atoms with E-state index in [2.05, 4.69) is 5.32 Å². The monoisotopic (exact) mass is 234 g/mol. The molecule has 1 unspecified atom stereocenters. The molecule has 0 saturated heterocycles. The van der Waals surface area contributed by atoms with E-state index < -0.39 is 10.3 Å². The summed E-state index contributed by atoms with van der Waals surface area (Å²) in [5.74, 6) is -0.0949. The van der Waals surface area contributed by atoms with Gasteiger partial charge in [0.15, 0.2) is 0 Å². The first-order valence-corrected chi connectivity index (χ1v) is 5.48. The molecule has 1 aliphatic heterocycles. The van der Waals surface area contributed by atoms with Gasteiger partial charge in [0, 0.05) is 6.07 Å². The minimum atomic E-state index is -0.693. The number of carbonyl (C=O) groups is 1. The molecule has 0 aromatic heterocycles. The van der Waals surface area contributed by atoms with Gasteiger partial charge in [-0.25, -0.2) is 0 Å². The smallest absolute Gasteiger partial charge is 0.293 e. The molecule has 1 amide bonds. The number of nitrogens with zero attached hydrogens (tertiary/aromatic N) is 1. The van der Waals surface area contributed by atoms with Crippen LogP contribution in [0.4, 0.5) is 11.4 Å². The number of carbonyl (C=O) groups excluding carboxylic acids is 1. The maximum atomic E-state index is 12.0. The van der Waals surface area contributed by atoms with Crippen LogP contribution in [0.3, 0.4) is 0 Å². The fourth-order valence-electron chi connectivity index (χ4n) is 2.20. The first kappa shape index (κ1) is 11.6. The van der Waals surface area contributed by atoms with E-state index in [9.17, 15) is 14.9 Å². The molecule has 0 bridgehead atoms. The number of hydrogen-bond acceptors (Lipinski definition) is 3. The summed E-state index contributed by atoms with van der Waals surface area (Å²) in [6.45, 7) is 5.70. The second-order valence-corrected chi connectivity index (χ2v) is 4.77. The number of fused-ring (bicyclic) bond motifs is 1. The van der Waals surface area contributed by atoms with Crippen molar-refractivity contribution in [3.63, 3.8) is 0 Å². The van der Waals surface area contributed by atoms with Crippen molar-refractivity contribution in [2.45, 2.75) is 26.2 Å². The minimum Gasteiger partial charge on any atom is -0.319 e. The summed E-state index contributed by atoms with van der Waals surface area (Å²) in [6, 6.07) is 4.81. The molecule has 2 rings (SSSR count). The maximum absolute atomic E-state index is 12.0. The van der Waals surface area contributed by atoms with E-state index >= 15 is 0 Å². The third kappa shape index (κ3) is 1.42. The zero-order chi connectivity index (χ0) is 12.8. The summed E-state index contributed by atoms with van der Waals surface area (Å²) in [4.78, 5) is 22.5. The van der Waals surface area contributed by atoms with Crippen LogP contribution in [0.5, 0.6) is 0 Å². The molecule has 0 spiro atoms. The zero-order valence-electron chi connectivity index (χ0n) is 9.98. The van der Waals surface area contributed by atoms with Crippen molar-refractivity contribution in [3.05, 3.63) is 33.9 Å². The topological polar surface area (TPSA) is 72.2 Å². The molecule has 1 aromatic carbocycles. The number of nitrogens with one attached hydrogen (secondary N) is 1. The Morgan fingerprint density at radius 1 is 1.41 bits per heavy atom. The highest BCUT2D eigenvalue weighted by Gasteiger charge is 2.47. The van der Waals surface area contributed by atoms with Gasteiger partial charge in [0.2, 0.25) is 5.91 Å². The van der Waals surface area contributed by atoms with Gasteiger partial charge >= 0.3 is 0 Å². The molecule has 0 aliphatic carbocycles. The molecule has 0 radical (unpaired) electrons. The van der Waals surface area contributed by atoms with Gasteiger partial charge in [-0.15, -0.1) is 0 Å². The van der Waals surface area contributed by atoms with Crippen LogP contribution in [-0.4, -0.2) is 10.8 Å². The fourth-order valence-corrected chi connectivity index (χ4v) is 2.20. The average Bonchev–Trinajstić information content (AvgIpc) is 2.52. The largest absolute Gasteiger partial charge is 0.319 e. The summed E-state index contributed by atoms with van der Waals surface area (Å²) < 4.78 is 0. The number of nitro groups is 1. The Morgan fingerprint density at radius 2 is 2.06 bits per heavy atom. The molecular weight excluding hydrogens is 220 g/mol. The molecule has 1 atom stereocenters. The lowest BCUT2D eigenvalue weighted by atomic mass is 9.74. The van der Waals surface area contributed by atoms with Gasteiger partial charge < -0.3 is 5.32 Å². The summed E-state index contributed by atoms with van der Waals surface area (Å²) in [6.07, 6.45) is 0. The predicted octanol–water partition coefficient (Wildman–Crippen LogP) is 2.46. The highest BCUT2D eigenvalue weighted by molar-refractivity contribution is 6.08. The van der Waals surface area contributed by atoms with Crippen LogP contribution in [0.25, 0.3) is 0 Å². The van der Waals surface area contributed by atoms with Crippen molar-refractivity contribution in [2.75, 3.05) is 5.32 Å². The van der Waals surface area contributed by atoms with Crippen molar-refractivity contribution < 1.29 is 9.72 Å². The van der Waals surface area contributed by atoms with E-state index in [0.29, 0.717) is 11.3 Å². The van der Waals surface area contributed by atoms with Gasteiger partial charge in [-0.1, -0.05) is 26.0 Å². The van der Waals surface area contributed by atoms with Crippen LogP contribution in [0.1, 0.15) is 26.3 Å². The van der Waals surface area contributed by atoms with Crippen LogP contribution >= 0.6 is 0 Å². The van der Waals surface area contributed by atoms with Gasteiger partial charge in [-0.3, -0.25) is 14.9 Å². The van der Waals surface area contributed by atoms with Crippen LogP contribution in [-0.2, 0) is 10.2 Å². The quantitative estimate of drug-likeness (QED) is 0.631. The molecule has 1 N–H and O–H groups in total. The second-order valence-electron chi connectivity index (χ2n) is 4.77. The number of nitro benzene ring substituents is 1. The molecule has 0 saturated carbocycles. The van der Waals surface area contributed by atoms with Gasteiger partial charge in [-0.05, 0) is 18.4 Å². The van der Waals surface area contributed by atoms with Gasteiger partial charge in [0.05, 0.1) is 10.3 Å². The number of rotatable bonds is 2. The Labute approximate surface area is 99.0 Å². The number of anilines is 1. The Bertz CT molecular complexity index is 510. The summed E-state index contributed by atoms with van der Waals surface area (Å²) in [7, 11) is 0. The number of benzene rings is 1. The molecule has 0 fully saturated rings. The molecule has 1 aliphatic rings. The Hall–Kier alpha value is -1.91. The van der Waals surface area contributed by atoms with Crippen LogP contribution in [0, 0.1) is 16.0 Å². The SMILES string of the molecule is CC(C)C1(C)C(=O)Nc2c([N+](=O)[O-])cccc21. The zero-order valence-corrected chi connectivity index (χ0v) is 9.98. The highest BCUT2D eigenvalue weighted by atomic mass is 16.6. The number of para-hydroxylation sites is 1. The molecule has 17 heavy (non-hydrogen) atoms. The minimum absolute atomic E-state index is 0.0415. The lowest BCUT2D eigenvalue weighted by molar-refractivity contribution is -0.383. The molecular formula is C12H14N2O3. The third-order valence-electron chi connectivity index (χ3n) is 3.66. The van der Waals surface area contributed by atoms with Gasteiger partial charge in [-0.2, -0.15) is 0 Å². The fraction of sp³-hybridized carbons (Fsp3) is 0.417. The van der Waals surface area contributed by atoms with Crippen molar-refractivity contribution in [1.82, 2.24) is 0 Å². The molecule has 1 heterocycles. The van der Waals surface area contributed by atoms with Gasteiger partial charge in [0.1, 0.15) is 5.69 Å². The Kier molecular flexibility index (Phi) is 2.41. The Morgan fingerprint density at radius 3 is 2.59 bits per heavy atom. The van der Waals surface area contributed by atoms with E-state index in [-0.39, 0.29) is 17.5 Å². The predicted molar refractivity (Wildman–Crippen MR) is 63.9 cm³/mol. The molecule has 1 aromatic rings. The van der Waals surface area contributed by atoms with Crippen molar-refractivity contribution >= 4 is 17.3 Å². The summed E-state index contributed by atoms with van der Waals surface area (Å²) in [5.41, 5.74) is 0.326. The average molecular weight is 234 g/mol. The second kappa shape index (κ2) is 3.55. The normalized spacial score (nSPS) is 22.5. The van der Waals surface area contributed by atoms with Crippen molar-refractivity contribution in [2.24, 2.45) is 5.92 Å². The maximum Gasteiger partial charge on any atom is 0.293 e. The van der Waals surface area contributed by atoms with E-state index in [1.54, 1.807) is 12.1 Å². The lowest BCUT2D eigenvalue weighted by Crippen LogP contribution is -2.36. The molecule has 5 heteroatoms. The van der Waals surface area contributed by atoms with E-state index in [1.165, 1.54) is 6.07 Å². The van der Waals surface area contributed by atoms with Crippen LogP contribution in [0.15, 0.2) is 18.2 Å². The van der Waals surface area contributed by atoms with Crippen LogP contribution < -0.4 is 5.32 Å². The first-order chi connectivity index (χ1) is 7.89. The third-order valence-corrected chi connectivity index (χ3v) is 3.66. The lowest BCUT2D eigenvalue weighted by Gasteiger charge is -2.26. The van der Waals surface area contributed by atoms with E-state index in [4.69, 9.17) is 0 Å².